The van der Waals surface area contributed by atoms with Crippen molar-refractivity contribution in [1.29, 1.82) is 0 Å². The lowest BCUT2D eigenvalue weighted by molar-refractivity contribution is -0.384. The number of rotatable bonds is 5. The minimum Gasteiger partial charge on any atom is -0.361 e. The number of benzene rings is 1. The molecule has 0 bridgehead atoms. The van der Waals surface area contributed by atoms with Crippen LogP contribution in [0.4, 0.5) is 23.1 Å². The normalized spacial score (nSPS) is 10.2. The molecule has 2 aromatic rings. The molecule has 0 fully saturated rings. The van der Waals surface area contributed by atoms with Gasteiger partial charge in [0.25, 0.3) is 11.6 Å². The van der Waals surface area contributed by atoms with E-state index in [0.717, 1.165) is 0 Å². The van der Waals surface area contributed by atoms with Gasteiger partial charge < -0.3 is 15.1 Å². The van der Waals surface area contributed by atoms with E-state index in [1.165, 1.54) is 30.5 Å². The highest BCUT2D eigenvalue weighted by Gasteiger charge is 2.15. The topological polar surface area (TPSA) is 104 Å². The van der Waals surface area contributed by atoms with Crippen molar-refractivity contribution >= 4 is 29.0 Å². The van der Waals surface area contributed by atoms with Gasteiger partial charge in [-0.3, -0.25) is 14.9 Å². The summed E-state index contributed by atoms with van der Waals surface area (Å²) in [6.45, 7) is 0. The third kappa shape index (κ3) is 3.75. The van der Waals surface area contributed by atoms with E-state index in [-0.39, 0.29) is 5.69 Å². The van der Waals surface area contributed by atoms with Gasteiger partial charge in [-0.25, -0.2) is 4.98 Å². The van der Waals surface area contributed by atoms with E-state index >= 15 is 0 Å². The van der Waals surface area contributed by atoms with E-state index in [9.17, 15) is 14.9 Å². The SMILES string of the molecule is CN(C)c1ncc(NC(=O)c2ccc([N+](=O)[O-])cc2)c(N(C)C)n1. The zero-order chi connectivity index (χ0) is 17.9. The fourth-order valence-corrected chi connectivity index (χ4v) is 1.94. The number of nitrogens with zero attached hydrogens (tertiary/aromatic N) is 5. The quantitative estimate of drug-likeness (QED) is 0.658. The first-order valence-corrected chi connectivity index (χ1v) is 7.07. The fraction of sp³-hybridized carbons (Fsp3) is 0.267. The van der Waals surface area contributed by atoms with Crippen LogP contribution in [0.1, 0.15) is 10.4 Å². The number of hydrogen-bond donors (Lipinski definition) is 1. The smallest absolute Gasteiger partial charge is 0.269 e. The molecule has 1 N–H and O–H groups in total. The molecule has 1 aromatic carbocycles. The largest absolute Gasteiger partial charge is 0.361 e. The zero-order valence-electron chi connectivity index (χ0n) is 13.8. The van der Waals surface area contributed by atoms with Crippen LogP contribution < -0.4 is 15.1 Å². The van der Waals surface area contributed by atoms with Gasteiger partial charge in [0.05, 0.1) is 11.1 Å². The third-order valence-electron chi connectivity index (χ3n) is 3.17. The second-order valence-corrected chi connectivity index (χ2v) is 5.45. The molecule has 2 rings (SSSR count). The van der Waals surface area contributed by atoms with Crippen LogP contribution in [0.15, 0.2) is 30.5 Å². The summed E-state index contributed by atoms with van der Waals surface area (Å²) in [5.41, 5.74) is 0.690. The number of amides is 1. The van der Waals surface area contributed by atoms with Crippen molar-refractivity contribution in [2.45, 2.75) is 0 Å². The molecule has 1 amide bonds. The molecule has 0 saturated heterocycles. The van der Waals surface area contributed by atoms with Gasteiger partial charge in [-0.15, -0.1) is 0 Å². The first-order chi connectivity index (χ1) is 11.3. The van der Waals surface area contributed by atoms with Crippen LogP contribution in [-0.4, -0.2) is 49.0 Å². The van der Waals surface area contributed by atoms with E-state index in [0.29, 0.717) is 23.0 Å². The highest BCUT2D eigenvalue weighted by atomic mass is 16.6. The van der Waals surface area contributed by atoms with Crippen molar-refractivity contribution < 1.29 is 9.72 Å². The van der Waals surface area contributed by atoms with Crippen LogP contribution in [-0.2, 0) is 0 Å². The summed E-state index contributed by atoms with van der Waals surface area (Å²) in [7, 11) is 7.26. The highest BCUT2D eigenvalue weighted by molar-refractivity contribution is 6.05. The number of nitro benzene ring substituents is 1. The van der Waals surface area contributed by atoms with Gasteiger partial charge in [0, 0.05) is 45.9 Å². The minimum atomic E-state index is -0.514. The number of carbonyl (C=O) groups is 1. The van der Waals surface area contributed by atoms with Crippen LogP contribution in [0.25, 0.3) is 0 Å². The Morgan fingerprint density at radius 1 is 1.12 bits per heavy atom. The van der Waals surface area contributed by atoms with Gasteiger partial charge in [0.1, 0.15) is 5.69 Å². The standard InChI is InChI=1S/C15H18N6O3/c1-19(2)13-12(9-16-15(18-13)20(3)4)17-14(22)10-5-7-11(8-6-10)21(23)24/h5-9H,1-4H3,(H,17,22). The number of aromatic nitrogens is 2. The second kappa shape index (κ2) is 6.90. The molecule has 0 aliphatic heterocycles. The van der Waals surface area contributed by atoms with E-state index in [4.69, 9.17) is 0 Å². The first-order valence-electron chi connectivity index (χ1n) is 7.07. The number of nitro groups is 1. The Morgan fingerprint density at radius 2 is 1.75 bits per heavy atom. The Labute approximate surface area is 139 Å². The lowest BCUT2D eigenvalue weighted by Crippen LogP contribution is -2.21. The summed E-state index contributed by atoms with van der Waals surface area (Å²) in [4.78, 5) is 34.6. The number of hydrogen-bond acceptors (Lipinski definition) is 7. The summed E-state index contributed by atoms with van der Waals surface area (Å²) in [6, 6.07) is 5.37. The van der Waals surface area contributed by atoms with Crippen LogP contribution in [0.3, 0.4) is 0 Å². The van der Waals surface area contributed by atoms with E-state index in [1.807, 2.05) is 28.2 Å². The van der Waals surface area contributed by atoms with Crippen molar-refractivity contribution in [3.8, 4) is 0 Å². The van der Waals surface area contributed by atoms with Gasteiger partial charge in [0.15, 0.2) is 5.82 Å². The molecule has 126 valence electrons. The Bertz CT molecular complexity index is 758. The maximum absolute atomic E-state index is 12.3. The molecule has 0 unspecified atom stereocenters. The Hall–Kier alpha value is -3.23. The maximum Gasteiger partial charge on any atom is 0.269 e. The highest BCUT2D eigenvalue weighted by Crippen LogP contribution is 2.24. The summed E-state index contributed by atoms with van der Waals surface area (Å²) in [5, 5.41) is 13.4. The number of carbonyl (C=O) groups excluding carboxylic acids is 1. The van der Waals surface area contributed by atoms with E-state index in [2.05, 4.69) is 15.3 Å². The molecular formula is C15H18N6O3. The van der Waals surface area contributed by atoms with Crippen LogP contribution in [0.5, 0.6) is 0 Å². The van der Waals surface area contributed by atoms with E-state index < -0.39 is 10.8 Å². The van der Waals surface area contributed by atoms with Crippen LogP contribution in [0, 0.1) is 10.1 Å². The molecule has 0 aliphatic carbocycles. The van der Waals surface area contributed by atoms with Gasteiger partial charge in [-0.05, 0) is 12.1 Å². The van der Waals surface area contributed by atoms with E-state index in [1.54, 1.807) is 9.80 Å². The Morgan fingerprint density at radius 3 is 2.25 bits per heavy atom. The van der Waals surface area contributed by atoms with Crippen molar-refractivity contribution in [3.05, 3.63) is 46.1 Å². The first kappa shape index (κ1) is 17.1. The number of non-ortho nitro benzene ring substituents is 1. The maximum atomic E-state index is 12.3. The third-order valence-corrected chi connectivity index (χ3v) is 3.17. The molecule has 0 saturated carbocycles. The predicted octanol–water partition coefficient (Wildman–Crippen LogP) is 1.77. The summed E-state index contributed by atoms with van der Waals surface area (Å²) >= 11 is 0. The molecule has 24 heavy (non-hydrogen) atoms. The Kier molecular flexibility index (Phi) is 4.93. The van der Waals surface area contributed by atoms with Crippen LogP contribution in [0.2, 0.25) is 0 Å². The fourth-order valence-electron chi connectivity index (χ4n) is 1.94. The van der Waals surface area contributed by atoms with Gasteiger partial charge in [-0.1, -0.05) is 0 Å². The number of nitrogens with one attached hydrogen (secondary N) is 1. The average Bonchev–Trinajstić information content (AvgIpc) is 2.54. The molecule has 0 spiro atoms. The molecule has 0 aliphatic rings. The Balaban J connectivity index is 2.26. The van der Waals surface area contributed by atoms with Gasteiger partial charge in [-0.2, -0.15) is 4.98 Å². The predicted molar refractivity (Wildman–Crippen MR) is 91.7 cm³/mol. The molecule has 9 nitrogen and oxygen atoms in total. The summed E-state index contributed by atoms with van der Waals surface area (Å²) < 4.78 is 0. The minimum absolute atomic E-state index is 0.0702. The van der Waals surface area contributed by atoms with Crippen molar-refractivity contribution in [2.75, 3.05) is 43.3 Å². The lowest BCUT2D eigenvalue weighted by atomic mass is 10.2. The number of anilines is 3. The monoisotopic (exact) mass is 330 g/mol. The molecule has 1 heterocycles. The van der Waals surface area contributed by atoms with Crippen molar-refractivity contribution in [3.63, 3.8) is 0 Å². The zero-order valence-corrected chi connectivity index (χ0v) is 13.8. The van der Waals surface area contributed by atoms with Crippen molar-refractivity contribution in [2.24, 2.45) is 0 Å². The lowest BCUT2D eigenvalue weighted by Gasteiger charge is -2.19. The summed E-state index contributed by atoms with van der Waals surface area (Å²) in [6.07, 6.45) is 1.53. The van der Waals surface area contributed by atoms with Gasteiger partial charge in [0.2, 0.25) is 5.95 Å². The van der Waals surface area contributed by atoms with Crippen molar-refractivity contribution in [1.82, 2.24) is 9.97 Å². The molecule has 1 aromatic heterocycles. The van der Waals surface area contributed by atoms with Crippen LogP contribution >= 0.6 is 0 Å². The summed E-state index contributed by atoms with van der Waals surface area (Å²) in [5.74, 6) is 0.685. The molecular weight excluding hydrogens is 312 g/mol. The molecule has 0 radical (unpaired) electrons. The molecule has 0 atom stereocenters. The second-order valence-electron chi connectivity index (χ2n) is 5.45. The molecule has 9 heteroatoms. The average molecular weight is 330 g/mol. The van der Waals surface area contributed by atoms with Gasteiger partial charge >= 0.3 is 0 Å².